The lowest BCUT2D eigenvalue weighted by Crippen LogP contribution is -2.07. The molecule has 0 fully saturated rings. The van der Waals surface area contributed by atoms with Crippen LogP contribution in [0.2, 0.25) is 0 Å². The Morgan fingerprint density at radius 3 is 2.06 bits per heavy atom. The number of carboxylic acid groups (broad SMARTS) is 1. The molecule has 0 aromatic heterocycles. The summed E-state index contributed by atoms with van der Waals surface area (Å²) in [4.78, 5) is 33.6. The van der Waals surface area contributed by atoms with E-state index in [1.165, 1.54) is 42.5 Å². The van der Waals surface area contributed by atoms with Gasteiger partial charge < -0.3 is 29.5 Å². The average molecular weight is 428 g/mol. The number of hydrogen-bond donors (Lipinski definition) is 3. The number of hydrogen-bond acceptors (Lipinski definition) is 8. The van der Waals surface area contributed by atoms with Gasteiger partial charge >= 0.3 is 18.1 Å². The minimum Gasteiger partial charge on any atom is -0.504 e. The maximum atomic E-state index is 11.9. The van der Waals surface area contributed by atoms with Crippen LogP contribution in [0.4, 0.5) is 4.79 Å². The summed E-state index contributed by atoms with van der Waals surface area (Å²) in [6, 6.07) is 10.5. The van der Waals surface area contributed by atoms with E-state index in [1.807, 2.05) is 0 Å². The number of carbonyl (C=O) groups excluding carboxylic acids is 2. The smallest absolute Gasteiger partial charge is 0.504 e. The molecule has 0 unspecified atom stereocenters. The van der Waals surface area contributed by atoms with Crippen LogP contribution in [0.25, 0.3) is 12.2 Å². The molecule has 2 rings (SSSR count). The number of carbonyl (C=O) groups is 3. The second-order valence-corrected chi connectivity index (χ2v) is 6.04. The number of aromatic hydroxyl groups is 2. The molecule has 0 spiro atoms. The number of rotatable bonds is 9. The van der Waals surface area contributed by atoms with E-state index in [4.69, 9.17) is 14.6 Å². The molecule has 2 aromatic rings. The maximum absolute atomic E-state index is 11.9. The minimum atomic E-state index is -1.38. The fourth-order valence-corrected chi connectivity index (χ4v) is 2.21. The van der Waals surface area contributed by atoms with Gasteiger partial charge in [-0.1, -0.05) is 18.2 Å². The second kappa shape index (κ2) is 11.7. The number of phenolic OH excluding ortho intramolecular Hbond substituents is 2. The van der Waals surface area contributed by atoms with Crippen molar-refractivity contribution in [2.75, 3.05) is 13.2 Å². The summed E-state index contributed by atoms with van der Waals surface area (Å²) in [5.41, 5.74) is 1.18. The van der Waals surface area contributed by atoms with Crippen LogP contribution >= 0.6 is 0 Å². The van der Waals surface area contributed by atoms with E-state index in [0.717, 1.165) is 0 Å². The molecule has 0 atom stereocenters. The summed E-state index contributed by atoms with van der Waals surface area (Å²) < 4.78 is 14.3. The predicted octanol–water partition coefficient (Wildman–Crippen LogP) is 3.36. The number of benzene rings is 2. The monoisotopic (exact) mass is 428 g/mol. The molecule has 0 aliphatic rings. The number of phenols is 2. The van der Waals surface area contributed by atoms with E-state index in [9.17, 15) is 24.6 Å². The van der Waals surface area contributed by atoms with Gasteiger partial charge in [-0.25, -0.2) is 14.4 Å². The lowest BCUT2D eigenvalue weighted by Gasteiger charge is -2.03. The van der Waals surface area contributed by atoms with Crippen molar-refractivity contribution in [2.24, 2.45) is 0 Å². The second-order valence-electron chi connectivity index (χ2n) is 6.04. The standard InChI is InChI=1S/C22H20O9/c23-18-9-4-16(14-19(18)24)6-11-21(26)31-17-7-2-15(3-8-17)5-10-20(25)29-12-1-13-30-22(27)28/h2-11,14,23-24H,1,12-13H2,(H,27,28)/b10-5+,11-6+. The van der Waals surface area contributed by atoms with Crippen LogP contribution in [0.15, 0.2) is 54.6 Å². The van der Waals surface area contributed by atoms with Gasteiger partial charge in [0.25, 0.3) is 0 Å². The van der Waals surface area contributed by atoms with Crippen LogP contribution in [0, 0.1) is 0 Å². The first-order valence-electron chi connectivity index (χ1n) is 9.06. The first-order chi connectivity index (χ1) is 14.8. The molecule has 162 valence electrons. The Bertz CT molecular complexity index is 975. The van der Waals surface area contributed by atoms with E-state index in [0.29, 0.717) is 16.9 Å². The molecule has 2 aromatic carbocycles. The molecular weight excluding hydrogens is 408 g/mol. The van der Waals surface area contributed by atoms with Crippen molar-refractivity contribution in [1.82, 2.24) is 0 Å². The van der Waals surface area contributed by atoms with Crippen LogP contribution < -0.4 is 4.74 Å². The average Bonchev–Trinajstić information content (AvgIpc) is 2.73. The van der Waals surface area contributed by atoms with Gasteiger partial charge in [0.15, 0.2) is 11.5 Å². The lowest BCUT2D eigenvalue weighted by molar-refractivity contribution is -0.138. The van der Waals surface area contributed by atoms with E-state index in [1.54, 1.807) is 24.3 Å². The summed E-state index contributed by atoms with van der Waals surface area (Å²) >= 11 is 0. The first kappa shape index (κ1) is 23.0. The van der Waals surface area contributed by atoms with Gasteiger partial charge in [0.2, 0.25) is 0 Å². The van der Waals surface area contributed by atoms with E-state index >= 15 is 0 Å². The molecule has 0 bridgehead atoms. The van der Waals surface area contributed by atoms with E-state index in [-0.39, 0.29) is 31.1 Å². The van der Waals surface area contributed by atoms with Crippen LogP contribution in [0.3, 0.4) is 0 Å². The zero-order valence-corrected chi connectivity index (χ0v) is 16.3. The normalized spacial score (nSPS) is 10.8. The van der Waals surface area contributed by atoms with Gasteiger partial charge in [-0.3, -0.25) is 0 Å². The lowest BCUT2D eigenvalue weighted by atomic mass is 10.2. The summed E-state index contributed by atoms with van der Waals surface area (Å²) in [6.07, 6.45) is 4.21. The van der Waals surface area contributed by atoms with Crippen molar-refractivity contribution in [1.29, 1.82) is 0 Å². The molecule has 9 heteroatoms. The Morgan fingerprint density at radius 1 is 0.774 bits per heavy atom. The Morgan fingerprint density at radius 2 is 1.39 bits per heavy atom. The molecule has 0 amide bonds. The van der Waals surface area contributed by atoms with Crippen molar-refractivity contribution >= 4 is 30.2 Å². The highest BCUT2D eigenvalue weighted by Crippen LogP contribution is 2.25. The van der Waals surface area contributed by atoms with Crippen LogP contribution in [-0.2, 0) is 19.1 Å². The van der Waals surface area contributed by atoms with Gasteiger partial charge in [-0.2, -0.15) is 0 Å². The fraction of sp³-hybridized carbons (Fsp3) is 0.136. The van der Waals surface area contributed by atoms with Crippen LogP contribution in [-0.4, -0.2) is 46.6 Å². The Kier molecular flexibility index (Phi) is 8.66. The molecule has 0 saturated carbocycles. The quantitative estimate of drug-likeness (QED) is 0.180. The molecule has 31 heavy (non-hydrogen) atoms. The summed E-state index contributed by atoms with van der Waals surface area (Å²) in [5.74, 6) is -1.48. The zero-order chi connectivity index (χ0) is 22.6. The first-order valence-corrected chi connectivity index (χ1v) is 9.06. The number of esters is 2. The fourth-order valence-electron chi connectivity index (χ4n) is 2.21. The minimum absolute atomic E-state index is 0.0304. The largest absolute Gasteiger partial charge is 0.505 e. The Hall–Kier alpha value is -4.27. The molecule has 0 heterocycles. The summed E-state index contributed by atoms with van der Waals surface area (Å²) in [5, 5.41) is 27.0. The van der Waals surface area contributed by atoms with Crippen molar-refractivity contribution in [3.05, 3.63) is 65.7 Å². The third-order valence-electron chi connectivity index (χ3n) is 3.68. The van der Waals surface area contributed by atoms with Gasteiger partial charge in [0.05, 0.1) is 13.2 Å². The SMILES string of the molecule is O=C(O)OCCCOC(=O)/C=C/c1ccc(OC(=O)/C=C/c2ccc(O)c(O)c2)cc1. The Labute approximate surface area is 177 Å². The van der Waals surface area contributed by atoms with Crippen LogP contribution in [0.5, 0.6) is 17.2 Å². The third kappa shape index (κ3) is 8.73. The highest BCUT2D eigenvalue weighted by atomic mass is 16.7. The molecule has 3 N–H and O–H groups in total. The molecular formula is C22H20O9. The van der Waals surface area contributed by atoms with Crippen molar-refractivity contribution in [3.8, 4) is 17.2 Å². The molecule has 0 radical (unpaired) electrons. The predicted molar refractivity (Wildman–Crippen MR) is 109 cm³/mol. The van der Waals surface area contributed by atoms with Crippen LogP contribution in [0.1, 0.15) is 17.5 Å². The molecule has 0 saturated heterocycles. The van der Waals surface area contributed by atoms with Crippen molar-refractivity contribution in [3.63, 3.8) is 0 Å². The topological polar surface area (TPSA) is 140 Å². The maximum Gasteiger partial charge on any atom is 0.505 e. The Balaban J connectivity index is 1.79. The highest BCUT2D eigenvalue weighted by Gasteiger charge is 2.03. The summed E-state index contributed by atoms with van der Waals surface area (Å²) in [6.45, 7) is -0.0261. The van der Waals surface area contributed by atoms with E-state index < -0.39 is 18.1 Å². The molecule has 0 aliphatic heterocycles. The third-order valence-corrected chi connectivity index (χ3v) is 3.68. The van der Waals surface area contributed by atoms with E-state index in [2.05, 4.69) is 4.74 Å². The van der Waals surface area contributed by atoms with Gasteiger partial charge in [-0.05, 0) is 47.5 Å². The van der Waals surface area contributed by atoms with Gasteiger partial charge in [0.1, 0.15) is 5.75 Å². The van der Waals surface area contributed by atoms with Gasteiger partial charge in [0, 0.05) is 18.6 Å². The zero-order valence-electron chi connectivity index (χ0n) is 16.3. The molecule has 9 nitrogen and oxygen atoms in total. The molecule has 0 aliphatic carbocycles. The van der Waals surface area contributed by atoms with Gasteiger partial charge in [-0.15, -0.1) is 0 Å². The van der Waals surface area contributed by atoms with Crippen molar-refractivity contribution in [2.45, 2.75) is 6.42 Å². The number of ether oxygens (including phenoxy) is 3. The highest BCUT2D eigenvalue weighted by molar-refractivity contribution is 5.89. The van der Waals surface area contributed by atoms with Crippen molar-refractivity contribution < 1.29 is 43.9 Å². The summed E-state index contributed by atoms with van der Waals surface area (Å²) in [7, 11) is 0.